The zero-order chi connectivity index (χ0) is 12.8. The molecule has 0 aromatic rings. The predicted molar refractivity (Wildman–Crippen MR) is 70.3 cm³/mol. The Kier molecular flexibility index (Phi) is 14.6. The summed E-state index contributed by atoms with van der Waals surface area (Å²) in [6.07, 6.45) is 10.4. The quantitative estimate of drug-likeness (QED) is 0.502. The Morgan fingerprint density at radius 3 is 2.38 bits per heavy atom. The molecular weight excluding hydrogens is 200 g/mol. The van der Waals surface area contributed by atoms with Crippen LogP contribution >= 0.6 is 0 Å². The number of hydrogen-bond donors (Lipinski definition) is 0. The van der Waals surface area contributed by atoms with E-state index in [0.29, 0.717) is 12.8 Å². The summed E-state index contributed by atoms with van der Waals surface area (Å²) in [6, 6.07) is 0. The third-order valence-corrected chi connectivity index (χ3v) is 1.71. The fourth-order valence-electron chi connectivity index (χ4n) is 0.834. The van der Waals surface area contributed by atoms with Gasteiger partial charge < -0.3 is 4.74 Å². The van der Waals surface area contributed by atoms with Gasteiger partial charge in [-0.3, -0.25) is 4.79 Å². The van der Waals surface area contributed by atoms with Crippen LogP contribution in [0.5, 0.6) is 0 Å². The van der Waals surface area contributed by atoms with E-state index < -0.39 is 0 Å². The molecular formula is C14H24O2. The van der Waals surface area contributed by atoms with E-state index in [1.54, 1.807) is 7.11 Å². The van der Waals surface area contributed by atoms with Gasteiger partial charge >= 0.3 is 0 Å². The number of methoxy groups -OCH3 is 1. The molecule has 16 heavy (non-hydrogen) atoms. The first-order chi connectivity index (χ1) is 7.74. The lowest BCUT2D eigenvalue weighted by molar-refractivity contribution is -0.117. The van der Waals surface area contributed by atoms with Crippen LogP contribution in [-0.2, 0) is 9.53 Å². The highest BCUT2D eigenvalue weighted by Gasteiger charge is 1.93. The lowest BCUT2D eigenvalue weighted by Gasteiger charge is -1.97. The van der Waals surface area contributed by atoms with Crippen molar-refractivity contribution in [1.82, 2.24) is 0 Å². The highest BCUT2D eigenvalue weighted by Crippen LogP contribution is 2.00. The van der Waals surface area contributed by atoms with Crippen LogP contribution in [0, 0.1) is 0 Å². The second kappa shape index (κ2) is 13.7. The summed E-state index contributed by atoms with van der Waals surface area (Å²) in [6.45, 7) is 7.80. The van der Waals surface area contributed by atoms with Gasteiger partial charge in [-0.25, -0.2) is 0 Å². The largest absolute Gasteiger partial charge is 0.497 e. The maximum Gasteiger partial charge on any atom is 0.136 e. The molecule has 0 aromatic heterocycles. The van der Waals surface area contributed by atoms with Crippen LogP contribution in [0.1, 0.15) is 40.5 Å². The zero-order valence-electron chi connectivity index (χ0n) is 11.1. The van der Waals surface area contributed by atoms with Crippen molar-refractivity contribution in [2.24, 2.45) is 0 Å². The standard InChI is InChI=1S/C12H18O2.C2H6/c1-4-6-9-12(14-3)10-7-8-11(13)5-2;1-2/h4,6-7,9-10H,5,8H2,1-3H3;1-2H3/b6-4+,10-7+,12-9+;. The first-order valence-corrected chi connectivity index (χ1v) is 5.79. The van der Waals surface area contributed by atoms with E-state index in [-0.39, 0.29) is 5.78 Å². The highest BCUT2D eigenvalue weighted by molar-refractivity contribution is 5.79. The minimum absolute atomic E-state index is 0.239. The summed E-state index contributed by atoms with van der Waals surface area (Å²) in [5.74, 6) is 0.995. The van der Waals surface area contributed by atoms with Crippen molar-refractivity contribution in [2.75, 3.05) is 7.11 Å². The first kappa shape index (κ1) is 17.1. The van der Waals surface area contributed by atoms with E-state index in [9.17, 15) is 4.79 Å². The number of carbonyl (C=O) groups is 1. The second-order valence-corrected chi connectivity index (χ2v) is 2.80. The molecule has 0 fully saturated rings. The lowest BCUT2D eigenvalue weighted by Crippen LogP contribution is -1.91. The van der Waals surface area contributed by atoms with Crippen LogP contribution in [0.2, 0.25) is 0 Å². The van der Waals surface area contributed by atoms with E-state index in [2.05, 4.69) is 0 Å². The van der Waals surface area contributed by atoms with Crippen molar-refractivity contribution in [3.63, 3.8) is 0 Å². The molecule has 0 radical (unpaired) electrons. The van der Waals surface area contributed by atoms with Crippen LogP contribution in [0.25, 0.3) is 0 Å². The summed E-state index contributed by atoms with van der Waals surface area (Å²) >= 11 is 0. The number of Topliss-reactive ketones (excluding diaryl/α,β-unsaturated/α-hetero) is 1. The Bertz CT molecular complexity index is 247. The minimum Gasteiger partial charge on any atom is -0.497 e. The summed E-state index contributed by atoms with van der Waals surface area (Å²) in [5, 5.41) is 0. The molecule has 0 atom stereocenters. The summed E-state index contributed by atoms with van der Waals surface area (Å²) in [7, 11) is 1.61. The monoisotopic (exact) mass is 224 g/mol. The number of hydrogen-bond acceptors (Lipinski definition) is 2. The first-order valence-electron chi connectivity index (χ1n) is 5.79. The van der Waals surface area contributed by atoms with E-state index >= 15 is 0 Å². The fraction of sp³-hybridized carbons (Fsp3) is 0.500. The van der Waals surface area contributed by atoms with Gasteiger partial charge in [-0.2, -0.15) is 0 Å². The molecule has 0 aliphatic heterocycles. The van der Waals surface area contributed by atoms with E-state index in [4.69, 9.17) is 4.74 Å². The number of allylic oxidation sites excluding steroid dienone is 5. The van der Waals surface area contributed by atoms with Crippen LogP contribution in [0.15, 0.2) is 36.1 Å². The number of carbonyl (C=O) groups excluding carboxylic acids is 1. The third-order valence-electron chi connectivity index (χ3n) is 1.71. The van der Waals surface area contributed by atoms with Crippen molar-refractivity contribution < 1.29 is 9.53 Å². The van der Waals surface area contributed by atoms with Crippen molar-refractivity contribution in [2.45, 2.75) is 40.5 Å². The zero-order valence-corrected chi connectivity index (χ0v) is 11.1. The molecule has 0 heterocycles. The molecule has 2 heteroatoms. The molecule has 0 aromatic carbocycles. The van der Waals surface area contributed by atoms with Crippen LogP contribution in [-0.4, -0.2) is 12.9 Å². The molecule has 0 saturated heterocycles. The molecule has 0 rings (SSSR count). The predicted octanol–water partition coefficient (Wildman–Crippen LogP) is 4.04. The molecule has 0 saturated carbocycles. The van der Waals surface area contributed by atoms with Crippen LogP contribution in [0.3, 0.4) is 0 Å². The van der Waals surface area contributed by atoms with Gasteiger partial charge in [0, 0.05) is 12.8 Å². The van der Waals surface area contributed by atoms with Gasteiger partial charge in [0.1, 0.15) is 11.5 Å². The van der Waals surface area contributed by atoms with E-state index in [1.807, 2.05) is 58.1 Å². The number of ketones is 1. The third kappa shape index (κ3) is 10.8. The van der Waals surface area contributed by atoms with Gasteiger partial charge in [0.25, 0.3) is 0 Å². The van der Waals surface area contributed by atoms with Crippen molar-refractivity contribution in [3.8, 4) is 0 Å². The van der Waals surface area contributed by atoms with Gasteiger partial charge in [0.2, 0.25) is 0 Å². The normalized spacial score (nSPS) is 11.4. The Labute approximate surface area is 99.7 Å². The van der Waals surface area contributed by atoms with Crippen LogP contribution in [0.4, 0.5) is 0 Å². The molecule has 0 aliphatic carbocycles. The Morgan fingerprint density at radius 1 is 1.31 bits per heavy atom. The average molecular weight is 224 g/mol. The number of rotatable bonds is 6. The molecule has 0 spiro atoms. The van der Waals surface area contributed by atoms with Gasteiger partial charge in [0.15, 0.2) is 0 Å². The van der Waals surface area contributed by atoms with E-state index in [0.717, 1.165) is 5.76 Å². The smallest absolute Gasteiger partial charge is 0.136 e. The molecule has 0 unspecified atom stereocenters. The molecule has 0 N–H and O–H groups in total. The number of ether oxygens (including phenoxy) is 1. The fourth-order valence-corrected chi connectivity index (χ4v) is 0.834. The minimum atomic E-state index is 0.239. The lowest BCUT2D eigenvalue weighted by atomic mass is 10.2. The van der Waals surface area contributed by atoms with Gasteiger partial charge in [-0.1, -0.05) is 39.0 Å². The SMILES string of the molecule is C/C=C/C=C(\C=C\CC(=O)CC)OC.CC. The molecule has 92 valence electrons. The second-order valence-electron chi connectivity index (χ2n) is 2.80. The van der Waals surface area contributed by atoms with Crippen molar-refractivity contribution in [3.05, 3.63) is 36.1 Å². The maximum atomic E-state index is 11.0. The molecule has 2 nitrogen and oxygen atoms in total. The highest BCUT2D eigenvalue weighted by atomic mass is 16.5. The summed E-state index contributed by atoms with van der Waals surface area (Å²) < 4.78 is 5.08. The topological polar surface area (TPSA) is 26.3 Å². The summed E-state index contributed by atoms with van der Waals surface area (Å²) in [5.41, 5.74) is 0. The van der Waals surface area contributed by atoms with Gasteiger partial charge in [-0.15, -0.1) is 0 Å². The van der Waals surface area contributed by atoms with Crippen LogP contribution < -0.4 is 0 Å². The summed E-state index contributed by atoms with van der Waals surface area (Å²) in [4.78, 5) is 11.0. The van der Waals surface area contributed by atoms with Gasteiger partial charge in [-0.05, 0) is 19.1 Å². The van der Waals surface area contributed by atoms with Crippen molar-refractivity contribution in [1.29, 1.82) is 0 Å². The maximum absolute atomic E-state index is 11.0. The Hall–Kier alpha value is -1.31. The van der Waals surface area contributed by atoms with Crippen molar-refractivity contribution >= 4 is 5.78 Å². The average Bonchev–Trinajstić information content (AvgIpc) is 2.35. The Morgan fingerprint density at radius 2 is 1.94 bits per heavy atom. The van der Waals surface area contributed by atoms with Gasteiger partial charge in [0.05, 0.1) is 7.11 Å². The van der Waals surface area contributed by atoms with E-state index in [1.165, 1.54) is 0 Å². The molecule has 0 aliphatic rings. The molecule has 0 bridgehead atoms. The molecule has 0 amide bonds. The Balaban J connectivity index is 0.